The van der Waals surface area contributed by atoms with Gasteiger partial charge in [0.25, 0.3) is 5.91 Å². The quantitative estimate of drug-likeness (QED) is 0.784. The van der Waals surface area contributed by atoms with Crippen LogP contribution in [0.2, 0.25) is 0 Å². The highest BCUT2D eigenvalue weighted by atomic mass is 16.5. The number of ether oxygens (including phenoxy) is 1. The third-order valence-electron chi connectivity index (χ3n) is 2.56. The first-order valence-electron chi connectivity index (χ1n) is 6.20. The molecule has 0 aliphatic heterocycles. The number of amides is 1. The molecule has 2 aromatic heterocycles. The maximum absolute atomic E-state index is 11.9. The Balaban J connectivity index is 1.92. The Morgan fingerprint density at radius 3 is 2.85 bits per heavy atom. The number of hydrogen-bond donors (Lipinski definition) is 2. The predicted octanol–water partition coefficient (Wildman–Crippen LogP) is 1.79. The van der Waals surface area contributed by atoms with Gasteiger partial charge in [-0.2, -0.15) is 0 Å². The van der Waals surface area contributed by atoms with Gasteiger partial charge in [-0.3, -0.25) is 9.78 Å². The van der Waals surface area contributed by atoms with E-state index in [1.165, 1.54) is 6.20 Å². The van der Waals surface area contributed by atoms with Crippen molar-refractivity contribution in [3.05, 3.63) is 48.4 Å². The number of carbonyl (C=O) groups excluding carboxylic acids is 1. The topological polar surface area (TPSA) is 76.1 Å². The van der Waals surface area contributed by atoms with Gasteiger partial charge in [-0.1, -0.05) is 0 Å². The van der Waals surface area contributed by atoms with E-state index >= 15 is 0 Å². The van der Waals surface area contributed by atoms with Crippen molar-refractivity contribution >= 4 is 17.4 Å². The highest BCUT2D eigenvalue weighted by molar-refractivity contribution is 6.03. The molecule has 0 radical (unpaired) electrons. The summed E-state index contributed by atoms with van der Waals surface area (Å²) >= 11 is 0. The van der Waals surface area contributed by atoms with Gasteiger partial charge in [0.15, 0.2) is 0 Å². The first kappa shape index (κ1) is 14.0. The molecule has 0 aromatic carbocycles. The Bertz CT molecular complexity index is 543. The molecular weight excluding hydrogens is 256 g/mol. The van der Waals surface area contributed by atoms with Crippen LogP contribution < -0.4 is 10.6 Å². The molecule has 2 aromatic rings. The fourth-order valence-electron chi connectivity index (χ4n) is 1.55. The summed E-state index contributed by atoms with van der Waals surface area (Å²) in [7, 11) is 1.65. The number of nitrogens with one attached hydrogen (secondary N) is 2. The van der Waals surface area contributed by atoms with Crippen LogP contribution in [-0.2, 0) is 4.74 Å². The monoisotopic (exact) mass is 272 g/mol. The minimum absolute atomic E-state index is 0.208. The van der Waals surface area contributed by atoms with Crippen molar-refractivity contribution in [1.29, 1.82) is 0 Å². The van der Waals surface area contributed by atoms with Crippen molar-refractivity contribution in [1.82, 2.24) is 9.97 Å². The van der Waals surface area contributed by atoms with Gasteiger partial charge in [0.1, 0.15) is 5.82 Å². The number of carbonyl (C=O) groups is 1. The third kappa shape index (κ3) is 4.03. The summed E-state index contributed by atoms with van der Waals surface area (Å²) < 4.78 is 4.94. The lowest BCUT2D eigenvalue weighted by atomic mass is 10.2. The van der Waals surface area contributed by atoms with Crippen molar-refractivity contribution in [2.24, 2.45) is 0 Å². The van der Waals surface area contributed by atoms with Crippen LogP contribution in [0.4, 0.5) is 11.5 Å². The van der Waals surface area contributed by atoms with Crippen LogP contribution in [0.25, 0.3) is 0 Å². The van der Waals surface area contributed by atoms with E-state index in [2.05, 4.69) is 20.6 Å². The van der Waals surface area contributed by atoms with Gasteiger partial charge in [-0.15, -0.1) is 0 Å². The molecule has 0 aliphatic carbocycles. The van der Waals surface area contributed by atoms with Crippen molar-refractivity contribution in [2.45, 2.75) is 0 Å². The number of nitrogens with zero attached hydrogens (tertiary/aromatic N) is 2. The lowest BCUT2D eigenvalue weighted by molar-refractivity contribution is 0.102. The average Bonchev–Trinajstić information content (AvgIpc) is 2.50. The van der Waals surface area contributed by atoms with Crippen LogP contribution in [0.1, 0.15) is 10.4 Å². The van der Waals surface area contributed by atoms with Gasteiger partial charge in [-0.25, -0.2) is 4.98 Å². The molecule has 104 valence electrons. The van der Waals surface area contributed by atoms with Gasteiger partial charge in [0.05, 0.1) is 24.1 Å². The summed E-state index contributed by atoms with van der Waals surface area (Å²) in [6.45, 7) is 1.30. The lowest BCUT2D eigenvalue weighted by Gasteiger charge is -2.07. The maximum atomic E-state index is 11.9. The summed E-state index contributed by atoms with van der Waals surface area (Å²) in [4.78, 5) is 20.0. The zero-order valence-electron chi connectivity index (χ0n) is 11.2. The number of methoxy groups -OCH3 is 1. The zero-order valence-corrected chi connectivity index (χ0v) is 11.2. The number of anilines is 2. The average molecular weight is 272 g/mol. The number of rotatable bonds is 6. The summed E-state index contributed by atoms with van der Waals surface area (Å²) in [5.41, 5.74) is 1.14. The molecule has 20 heavy (non-hydrogen) atoms. The van der Waals surface area contributed by atoms with Crippen LogP contribution in [0.5, 0.6) is 0 Å². The van der Waals surface area contributed by atoms with Gasteiger partial charge in [0.2, 0.25) is 0 Å². The highest BCUT2D eigenvalue weighted by Gasteiger charge is 2.05. The molecule has 0 saturated carbocycles. The highest BCUT2D eigenvalue weighted by Crippen LogP contribution is 2.10. The van der Waals surface area contributed by atoms with E-state index in [1.54, 1.807) is 43.8 Å². The summed E-state index contributed by atoms with van der Waals surface area (Å²) in [6, 6.07) is 7.01. The molecule has 0 aliphatic rings. The lowest BCUT2D eigenvalue weighted by Crippen LogP contribution is -2.13. The van der Waals surface area contributed by atoms with E-state index in [-0.39, 0.29) is 5.91 Å². The van der Waals surface area contributed by atoms with E-state index in [1.807, 2.05) is 0 Å². The minimum Gasteiger partial charge on any atom is -0.383 e. The molecule has 0 bridgehead atoms. The molecule has 0 atom stereocenters. The molecule has 0 spiro atoms. The molecule has 0 unspecified atom stereocenters. The SMILES string of the molecule is COCCNc1ccc(NC(=O)c2cccnc2)cn1. The normalized spacial score (nSPS) is 10.1. The maximum Gasteiger partial charge on any atom is 0.257 e. The molecule has 0 saturated heterocycles. The molecule has 1 amide bonds. The summed E-state index contributed by atoms with van der Waals surface area (Å²) in [5, 5.41) is 5.86. The van der Waals surface area contributed by atoms with E-state index < -0.39 is 0 Å². The Labute approximate surface area is 117 Å². The smallest absolute Gasteiger partial charge is 0.257 e. The molecule has 2 N–H and O–H groups in total. The Morgan fingerprint density at radius 2 is 2.20 bits per heavy atom. The second-order valence-corrected chi connectivity index (χ2v) is 4.05. The van der Waals surface area contributed by atoms with Crippen molar-refractivity contribution in [3.8, 4) is 0 Å². The van der Waals surface area contributed by atoms with E-state index in [4.69, 9.17) is 4.74 Å². The van der Waals surface area contributed by atoms with Gasteiger partial charge >= 0.3 is 0 Å². The second-order valence-electron chi connectivity index (χ2n) is 4.05. The Kier molecular flexibility index (Phi) is 5.02. The summed E-state index contributed by atoms with van der Waals surface area (Å²) in [5.74, 6) is 0.529. The molecule has 2 rings (SSSR count). The van der Waals surface area contributed by atoms with E-state index in [0.29, 0.717) is 24.4 Å². The van der Waals surface area contributed by atoms with Gasteiger partial charge in [-0.05, 0) is 24.3 Å². The number of aromatic nitrogens is 2. The second kappa shape index (κ2) is 7.20. The molecule has 6 nitrogen and oxygen atoms in total. The van der Waals surface area contributed by atoms with Crippen LogP contribution in [0.15, 0.2) is 42.9 Å². The first-order chi connectivity index (χ1) is 9.79. The van der Waals surface area contributed by atoms with Crippen LogP contribution in [0, 0.1) is 0 Å². The molecule has 6 heteroatoms. The van der Waals surface area contributed by atoms with Crippen LogP contribution in [0.3, 0.4) is 0 Å². The zero-order chi connectivity index (χ0) is 14.2. The minimum atomic E-state index is -0.208. The standard InChI is InChI=1S/C14H16N4O2/c1-20-8-7-16-13-5-4-12(10-17-13)18-14(19)11-3-2-6-15-9-11/h2-6,9-10H,7-8H2,1H3,(H,16,17)(H,18,19). The van der Waals surface area contributed by atoms with Crippen LogP contribution >= 0.6 is 0 Å². The fraction of sp³-hybridized carbons (Fsp3) is 0.214. The summed E-state index contributed by atoms with van der Waals surface area (Å²) in [6.07, 6.45) is 4.74. The van der Waals surface area contributed by atoms with Crippen molar-refractivity contribution in [2.75, 3.05) is 30.9 Å². The van der Waals surface area contributed by atoms with E-state index in [9.17, 15) is 4.79 Å². The Hall–Kier alpha value is -2.47. The molecule has 0 fully saturated rings. The van der Waals surface area contributed by atoms with Gasteiger partial charge in [0, 0.05) is 26.0 Å². The molecule has 2 heterocycles. The first-order valence-corrected chi connectivity index (χ1v) is 6.20. The third-order valence-corrected chi connectivity index (χ3v) is 2.56. The Morgan fingerprint density at radius 1 is 1.30 bits per heavy atom. The fourth-order valence-corrected chi connectivity index (χ4v) is 1.55. The number of pyridine rings is 2. The van der Waals surface area contributed by atoms with Crippen molar-refractivity contribution < 1.29 is 9.53 Å². The van der Waals surface area contributed by atoms with Crippen LogP contribution in [-0.4, -0.2) is 36.1 Å². The van der Waals surface area contributed by atoms with E-state index in [0.717, 1.165) is 5.82 Å². The largest absolute Gasteiger partial charge is 0.383 e. The van der Waals surface area contributed by atoms with Crippen molar-refractivity contribution in [3.63, 3.8) is 0 Å². The van der Waals surface area contributed by atoms with Gasteiger partial charge < -0.3 is 15.4 Å². The molecular formula is C14H16N4O2. The number of hydrogen-bond acceptors (Lipinski definition) is 5. The predicted molar refractivity (Wildman–Crippen MR) is 76.8 cm³/mol.